The van der Waals surface area contributed by atoms with Gasteiger partial charge < -0.3 is 25.6 Å². The van der Waals surface area contributed by atoms with Crippen molar-refractivity contribution < 1.29 is 15.1 Å². The normalized spacial score (nSPS) is 10.8. The van der Waals surface area contributed by atoms with Crippen LogP contribution in [-0.2, 0) is 0 Å². The molecule has 0 aliphatic carbocycles. The minimum absolute atomic E-state index is 0.0994. The number of methoxy groups -OCH3 is 1. The highest BCUT2D eigenvalue weighted by atomic mass is 16.8. The van der Waals surface area contributed by atoms with Crippen molar-refractivity contribution in [3.8, 4) is 11.5 Å². The molecule has 0 radical (unpaired) electrons. The highest BCUT2D eigenvalue weighted by Crippen LogP contribution is 2.33. The molecule has 206 valence electrons. The van der Waals surface area contributed by atoms with E-state index in [1.165, 1.54) is 24.4 Å². The molecule has 0 aliphatic rings. The smallest absolute Gasteiger partial charge is 0.250 e. The zero-order valence-corrected chi connectivity index (χ0v) is 21.8. The largest absolute Gasteiger partial charge is 0.733 e. The molecular formula is C29H25N8O4-. The molecule has 0 aliphatic heterocycles. The van der Waals surface area contributed by atoms with Crippen LogP contribution in [0.2, 0.25) is 0 Å². The lowest BCUT2D eigenvalue weighted by atomic mass is 10.2. The number of phenolic OH excluding ortho intramolecular Hbond substituents is 1. The first-order chi connectivity index (χ1) is 20.0. The van der Waals surface area contributed by atoms with Crippen LogP contribution in [0.25, 0.3) is 0 Å². The molecule has 0 unspecified atom stereocenters. The van der Waals surface area contributed by atoms with E-state index in [-0.39, 0.29) is 23.1 Å². The first-order valence-electron chi connectivity index (χ1n) is 12.4. The number of nitrogens with one attached hydrogen (secondary N) is 2. The number of aromatic nitrogens is 3. The molecule has 0 atom stereocenters. The lowest BCUT2D eigenvalue weighted by Gasteiger charge is -2.23. The van der Waals surface area contributed by atoms with Gasteiger partial charge in [-0.2, -0.15) is 20.1 Å². The molecule has 12 nitrogen and oxygen atoms in total. The molecule has 5 aromatic rings. The first kappa shape index (κ1) is 26.9. The van der Waals surface area contributed by atoms with Gasteiger partial charge in [0.05, 0.1) is 19.0 Å². The summed E-state index contributed by atoms with van der Waals surface area (Å²) in [7, 11) is 1.59. The molecule has 4 aromatic carbocycles. The minimum Gasteiger partial charge on any atom is -0.733 e. The molecular weight excluding hydrogens is 524 g/mol. The van der Waals surface area contributed by atoms with Crippen LogP contribution in [0.3, 0.4) is 0 Å². The highest BCUT2D eigenvalue weighted by molar-refractivity contribution is 5.87. The summed E-state index contributed by atoms with van der Waals surface area (Å²) >= 11 is 0. The van der Waals surface area contributed by atoms with E-state index < -0.39 is 11.0 Å². The van der Waals surface area contributed by atoms with Gasteiger partial charge in [0.1, 0.15) is 11.5 Å². The fourth-order valence-corrected chi connectivity index (χ4v) is 3.88. The Morgan fingerprint density at radius 3 is 2.05 bits per heavy atom. The number of nitrogens with zero attached hydrogens (tertiary/aromatic N) is 6. The standard InChI is InChI=1S/C29H25N8O4/c1-41-24-17-15-21(16-18-24)31-27-32-28(35-30-19-20-9-8-14-25(26(20)38)37(39)40)34-29(33-27)36(22-10-4-2-5-11-22)23-12-6-3-7-13-23/h2-19,38-39H,1H3,(H2,31,32,33,34,35)/q-1. The molecule has 0 saturated heterocycles. The maximum Gasteiger partial charge on any atom is 0.250 e. The Hall–Kier alpha value is -5.72. The van der Waals surface area contributed by atoms with Crippen LogP contribution in [0.4, 0.5) is 40.6 Å². The number of hydrogen-bond acceptors (Lipinski definition) is 12. The van der Waals surface area contributed by atoms with E-state index in [4.69, 9.17) is 9.72 Å². The maximum atomic E-state index is 11.3. The SMILES string of the molecule is COc1ccc(Nc2nc(NN=Cc3cccc(N([O-])O)c3O)nc(N(c3ccccc3)c3ccccc3)n2)cc1. The highest BCUT2D eigenvalue weighted by Gasteiger charge is 2.18. The van der Waals surface area contributed by atoms with E-state index in [9.17, 15) is 15.5 Å². The molecule has 4 N–H and O–H groups in total. The van der Waals surface area contributed by atoms with E-state index in [0.29, 0.717) is 11.7 Å². The van der Waals surface area contributed by atoms with Crippen LogP contribution in [-0.4, -0.2) is 38.6 Å². The van der Waals surface area contributed by atoms with Crippen LogP contribution in [0.5, 0.6) is 11.5 Å². The Balaban J connectivity index is 1.53. The third-order valence-electron chi connectivity index (χ3n) is 5.82. The zero-order valence-electron chi connectivity index (χ0n) is 21.8. The van der Waals surface area contributed by atoms with Crippen LogP contribution in [0.15, 0.2) is 108 Å². The maximum absolute atomic E-state index is 11.3. The number of phenols is 1. The zero-order chi connectivity index (χ0) is 28.6. The van der Waals surface area contributed by atoms with Crippen molar-refractivity contribution in [2.75, 3.05) is 28.0 Å². The van der Waals surface area contributed by atoms with Gasteiger partial charge in [-0.1, -0.05) is 42.5 Å². The number of rotatable bonds is 10. The van der Waals surface area contributed by atoms with Crippen LogP contribution in [0.1, 0.15) is 5.56 Å². The third kappa shape index (κ3) is 6.47. The lowest BCUT2D eigenvalue weighted by Crippen LogP contribution is -2.16. The fraction of sp³-hybridized carbons (Fsp3) is 0.0345. The van der Waals surface area contributed by atoms with Gasteiger partial charge in [0, 0.05) is 22.6 Å². The number of aromatic hydroxyl groups is 1. The van der Waals surface area contributed by atoms with Crippen molar-refractivity contribution in [2.45, 2.75) is 0 Å². The average molecular weight is 550 g/mol. The van der Waals surface area contributed by atoms with Gasteiger partial charge in [-0.3, -0.25) is 10.1 Å². The summed E-state index contributed by atoms with van der Waals surface area (Å²) in [6.45, 7) is 0. The minimum atomic E-state index is -0.437. The Morgan fingerprint density at radius 1 is 0.805 bits per heavy atom. The summed E-state index contributed by atoms with van der Waals surface area (Å²) in [5.41, 5.74) is 5.00. The molecule has 0 bridgehead atoms. The molecule has 0 fully saturated rings. The molecule has 1 aromatic heterocycles. The average Bonchev–Trinajstić information content (AvgIpc) is 2.99. The Labute approximate surface area is 235 Å². The second-order valence-electron chi connectivity index (χ2n) is 8.50. The van der Waals surface area contributed by atoms with Gasteiger partial charge in [-0.15, -0.1) is 0 Å². The van der Waals surface area contributed by atoms with E-state index >= 15 is 0 Å². The number of hydrogen-bond donors (Lipinski definition) is 4. The Kier molecular flexibility index (Phi) is 8.14. The molecule has 0 spiro atoms. The summed E-state index contributed by atoms with van der Waals surface area (Å²) < 4.78 is 5.24. The third-order valence-corrected chi connectivity index (χ3v) is 5.82. The van der Waals surface area contributed by atoms with Crippen LogP contribution < -0.4 is 25.6 Å². The number of ether oxygens (including phenoxy) is 1. The summed E-state index contributed by atoms with van der Waals surface area (Å²) in [6, 6.07) is 30.8. The predicted octanol–water partition coefficient (Wildman–Crippen LogP) is 5.94. The second-order valence-corrected chi connectivity index (χ2v) is 8.50. The van der Waals surface area contributed by atoms with Gasteiger partial charge in [-0.05, 0) is 60.7 Å². The van der Waals surface area contributed by atoms with Gasteiger partial charge in [0.15, 0.2) is 0 Å². The Morgan fingerprint density at radius 2 is 1.44 bits per heavy atom. The lowest BCUT2D eigenvalue weighted by molar-refractivity contribution is 0.292. The van der Waals surface area contributed by atoms with E-state index in [0.717, 1.165) is 17.1 Å². The summed E-state index contributed by atoms with van der Waals surface area (Å²) in [5, 5.41) is 37.7. The summed E-state index contributed by atoms with van der Waals surface area (Å²) in [6.07, 6.45) is 1.27. The van der Waals surface area contributed by atoms with E-state index in [2.05, 4.69) is 25.8 Å². The van der Waals surface area contributed by atoms with Crippen molar-refractivity contribution in [1.82, 2.24) is 15.0 Å². The van der Waals surface area contributed by atoms with E-state index in [1.807, 2.05) is 89.8 Å². The monoisotopic (exact) mass is 549 g/mol. The van der Waals surface area contributed by atoms with Gasteiger partial charge >= 0.3 is 0 Å². The van der Waals surface area contributed by atoms with Crippen molar-refractivity contribution in [2.24, 2.45) is 5.10 Å². The van der Waals surface area contributed by atoms with Crippen molar-refractivity contribution >= 4 is 46.8 Å². The number of benzene rings is 4. The van der Waals surface area contributed by atoms with Gasteiger partial charge in [0.25, 0.3) is 0 Å². The topological polar surface area (TPSA) is 154 Å². The van der Waals surface area contributed by atoms with Crippen LogP contribution >= 0.6 is 0 Å². The Bertz CT molecular complexity index is 1580. The molecule has 1 heterocycles. The molecule has 12 heteroatoms. The summed E-state index contributed by atoms with van der Waals surface area (Å²) in [4.78, 5) is 15.6. The molecule has 0 saturated carbocycles. The molecule has 0 amide bonds. The quantitative estimate of drug-likeness (QED) is 0.121. The van der Waals surface area contributed by atoms with Crippen molar-refractivity contribution in [3.05, 3.63) is 114 Å². The van der Waals surface area contributed by atoms with Gasteiger partial charge in [0.2, 0.25) is 17.8 Å². The molecule has 41 heavy (non-hydrogen) atoms. The number of para-hydroxylation sites is 3. The van der Waals surface area contributed by atoms with Crippen LogP contribution in [0, 0.1) is 5.21 Å². The number of anilines is 7. The predicted molar refractivity (Wildman–Crippen MR) is 158 cm³/mol. The summed E-state index contributed by atoms with van der Waals surface area (Å²) in [5.74, 6) is 0.909. The first-order valence-corrected chi connectivity index (χ1v) is 12.4. The fourth-order valence-electron chi connectivity index (χ4n) is 3.88. The van der Waals surface area contributed by atoms with Crippen molar-refractivity contribution in [3.63, 3.8) is 0 Å². The number of hydrazone groups is 1. The molecule has 5 rings (SSSR count). The van der Waals surface area contributed by atoms with Gasteiger partial charge in [-0.25, -0.2) is 5.43 Å². The second kappa shape index (κ2) is 12.4. The van der Waals surface area contributed by atoms with Crippen molar-refractivity contribution in [1.29, 1.82) is 0 Å². The van der Waals surface area contributed by atoms with E-state index in [1.54, 1.807) is 7.11 Å².